The molecule has 3 aliphatic heterocycles. The molecule has 0 spiro atoms. The molecule has 1 amide bonds. The smallest absolute Gasteiger partial charge is 0.267 e. The highest BCUT2D eigenvalue weighted by molar-refractivity contribution is 5.90. The highest BCUT2D eigenvalue weighted by Crippen LogP contribution is 2.46. The largest absolute Gasteiger partial charge is 0.311 e. The van der Waals surface area contributed by atoms with Crippen molar-refractivity contribution in [2.75, 3.05) is 26.3 Å². The first kappa shape index (κ1) is 16.8. The Morgan fingerprint density at radius 1 is 1.08 bits per heavy atom. The fraction of sp³-hybridized carbons (Fsp3) is 0.550. The van der Waals surface area contributed by atoms with E-state index in [1.54, 1.807) is 11.6 Å². The second kappa shape index (κ2) is 6.90. The van der Waals surface area contributed by atoms with Crippen molar-refractivity contribution < 1.29 is 14.5 Å². The Bertz CT molecular complexity index is 618. The SMILES string of the molecule is O=C(/C=C/c1ccc(CNC[N+]23CC4CC(CC(C4)C2)C3)cc1)NO. The Balaban J connectivity index is 1.29. The maximum absolute atomic E-state index is 11.0. The van der Waals surface area contributed by atoms with Gasteiger partial charge in [-0.05, 0) is 36.5 Å². The lowest BCUT2D eigenvalue weighted by molar-refractivity contribution is -0.956. The van der Waals surface area contributed by atoms with Crippen LogP contribution in [-0.4, -0.2) is 41.9 Å². The van der Waals surface area contributed by atoms with Crippen molar-refractivity contribution in [1.82, 2.24) is 10.8 Å². The molecule has 4 aliphatic rings. The van der Waals surface area contributed by atoms with Gasteiger partial charge in [0.1, 0.15) is 6.67 Å². The Morgan fingerprint density at radius 3 is 2.24 bits per heavy atom. The molecule has 5 nitrogen and oxygen atoms in total. The van der Waals surface area contributed by atoms with Crippen molar-refractivity contribution in [3.8, 4) is 0 Å². The monoisotopic (exact) mass is 342 g/mol. The molecule has 5 heteroatoms. The number of quaternary nitrogens is 1. The predicted octanol–water partition coefficient (Wildman–Crippen LogP) is 2.13. The number of rotatable bonds is 6. The lowest BCUT2D eigenvalue weighted by Gasteiger charge is -2.57. The molecule has 1 aromatic rings. The van der Waals surface area contributed by atoms with Crippen LogP contribution >= 0.6 is 0 Å². The molecule has 1 aromatic carbocycles. The van der Waals surface area contributed by atoms with E-state index in [1.807, 2.05) is 12.1 Å². The average molecular weight is 342 g/mol. The van der Waals surface area contributed by atoms with Gasteiger partial charge in [-0.15, -0.1) is 0 Å². The van der Waals surface area contributed by atoms with Gasteiger partial charge in [0.05, 0.1) is 19.6 Å². The van der Waals surface area contributed by atoms with Crippen LogP contribution in [0.3, 0.4) is 0 Å². The summed E-state index contributed by atoms with van der Waals surface area (Å²) in [5.41, 5.74) is 3.80. The van der Waals surface area contributed by atoms with E-state index in [2.05, 4.69) is 17.4 Å². The van der Waals surface area contributed by atoms with E-state index in [-0.39, 0.29) is 0 Å². The molecular formula is C20H28N3O2+. The minimum atomic E-state index is -0.515. The minimum absolute atomic E-state index is 0.515. The van der Waals surface area contributed by atoms with E-state index in [4.69, 9.17) is 5.21 Å². The van der Waals surface area contributed by atoms with Crippen molar-refractivity contribution in [3.05, 3.63) is 41.5 Å². The summed E-state index contributed by atoms with van der Waals surface area (Å²) in [5, 5.41) is 12.2. The molecule has 4 bridgehead atoms. The van der Waals surface area contributed by atoms with Crippen molar-refractivity contribution in [1.29, 1.82) is 0 Å². The molecule has 0 atom stereocenters. The summed E-state index contributed by atoms with van der Waals surface area (Å²) in [7, 11) is 0. The fourth-order valence-electron chi connectivity index (χ4n) is 5.60. The summed E-state index contributed by atoms with van der Waals surface area (Å²) in [6.45, 7) is 6.15. The number of amides is 1. The van der Waals surface area contributed by atoms with Crippen LogP contribution < -0.4 is 10.8 Å². The van der Waals surface area contributed by atoms with Gasteiger partial charge in [0.25, 0.3) is 5.91 Å². The average Bonchev–Trinajstić information content (AvgIpc) is 2.59. The first-order valence-corrected chi connectivity index (χ1v) is 9.41. The summed E-state index contributed by atoms with van der Waals surface area (Å²) < 4.78 is 1.30. The van der Waals surface area contributed by atoms with Crippen molar-refractivity contribution in [3.63, 3.8) is 0 Å². The van der Waals surface area contributed by atoms with Gasteiger partial charge in [-0.2, -0.15) is 0 Å². The van der Waals surface area contributed by atoms with Crippen LogP contribution in [0, 0.1) is 17.8 Å². The number of carbonyl (C=O) groups excluding carboxylic acids is 1. The molecule has 3 N–H and O–H groups in total. The Labute approximate surface area is 149 Å². The standard InChI is InChI=1S/C20H27N3O2/c24-20(22-25)6-5-15-1-3-16(4-2-15)10-21-14-23-11-17-7-18(12-23)9-19(8-17)13-23/h1-6,17-19,21H,7-14H2,(H-,22,24,25)/p+1/b6-5+. The van der Waals surface area contributed by atoms with E-state index in [1.165, 1.54) is 55.0 Å². The van der Waals surface area contributed by atoms with Gasteiger partial charge in [0.2, 0.25) is 0 Å². The van der Waals surface area contributed by atoms with E-state index in [0.29, 0.717) is 0 Å². The van der Waals surface area contributed by atoms with Gasteiger partial charge >= 0.3 is 0 Å². The van der Waals surface area contributed by atoms with Crippen LogP contribution in [0.25, 0.3) is 6.08 Å². The number of hydroxylamine groups is 1. The summed E-state index contributed by atoms with van der Waals surface area (Å²) in [5.74, 6) is 2.43. The zero-order chi connectivity index (χ0) is 17.3. The van der Waals surface area contributed by atoms with E-state index in [9.17, 15) is 4.79 Å². The summed E-state index contributed by atoms with van der Waals surface area (Å²) >= 11 is 0. The maximum Gasteiger partial charge on any atom is 0.267 e. The van der Waals surface area contributed by atoms with Crippen LogP contribution in [0.5, 0.6) is 0 Å². The minimum Gasteiger partial charge on any atom is -0.311 e. The van der Waals surface area contributed by atoms with Crippen LogP contribution in [0.4, 0.5) is 0 Å². The van der Waals surface area contributed by atoms with Crippen LogP contribution in [0.15, 0.2) is 30.3 Å². The van der Waals surface area contributed by atoms with Crippen molar-refractivity contribution in [2.45, 2.75) is 25.8 Å². The molecular weight excluding hydrogens is 314 g/mol. The normalized spacial score (nSPS) is 33.1. The van der Waals surface area contributed by atoms with Gasteiger partial charge < -0.3 is 4.48 Å². The molecule has 3 saturated heterocycles. The van der Waals surface area contributed by atoms with Crippen LogP contribution in [0.1, 0.15) is 30.4 Å². The van der Waals surface area contributed by atoms with E-state index >= 15 is 0 Å². The molecule has 25 heavy (non-hydrogen) atoms. The zero-order valence-corrected chi connectivity index (χ0v) is 14.7. The number of benzene rings is 1. The topological polar surface area (TPSA) is 61.4 Å². The van der Waals surface area contributed by atoms with Crippen LogP contribution in [-0.2, 0) is 11.3 Å². The van der Waals surface area contributed by atoms with Crippen LogP contribution in [0.2, 0.25) is 0 Å². The number of hydrogen-bond acceptors (Lipinski definition) is 3. The van der Waals surface area contributed by atoms with Gasteiger partial charge in [-0.1, -0.05) is 24.3 Å². The Hall–Kier alpha value is -1.69. The van der Waals surface area contributed by atoms with Crippen molar-refractivity contribution >= 4 is 12.0 Å². The molecule has 5 rings (SSSR count). The quantitative estimate of drug-likeness (QED) is 0.321. The maximum atomic E-state index is 11.0. The van der Waals surface area contributed by atoms with Gasteiger partial charge in [0.15, 0.2) is 0 Å². The molecule has 134 valence electrons. The first-order valence-electron chi connectivity index (χ1n) is 9.41. The third-order valence-corrected chi connectivity index (χ3v) is 6.23. The zero-order valence-electron chi connectivity index (χ0n) is 14.7. The third-order valence-electron chi connectivity index (χ3n) is 6.23. The summed E-state index contributed by atoms with van der Waals surface area (Å²) in [6.07, 6.45) is 7.46. The second-order valence-corrected chi connectivity index (χ2v) is 8.33. The number of nitrogens with zero attached hydrogens (tertiary/aromatic N) is 1. The molecule has 0 unspecified atom stereocenters. The Morgan fingerprint density at radius 2 is 1.68 bits per heavy atom. The first-order chi connectivity index (χ1) is 12.1. The van der Waals surface area contributed by atoms with Crippen molar-refractivity contribution in [2.24, 2.45) is 17.8 Å². The molecule has 0 radical (unpaired) electrons. The number of carbonyl (C=O) groups is 1. The fourth-order valence-corrected chi connectivity index (χ4v) is 5.60. The number of hydrogen-bond donors (Lipinski definition) is 3. The number of nitrogens with one attached hydrogen (secondary N) is 2. The highest BCUT2D eigenvalue weighted by Gasteiger charge is 2.50. The Kier molecular flexibility index (Phi) is 4.63. The number of piperidine rings is 3. The summed E-state index contributed by atoms with van der Waals surface area (Å²) in [6, 6.07) is 8.18. The predicted molar refractivity (Wildman–Crippen MR) is 96.3 cm³/mol. The molecule has 1 aliphatic carbocycles. The molecule has 3 heterocycles. The van der Waals surface area contributed by atoms with Gasteiger partial charge in [0, 0.05) is 30.4 Å². The van der Waals surface area contributed by atoms with Gasteiger partial charge in [-0.25, -0.2) is 5.48 Å². The van der Waals surface area contributed by atoms with E-state index in [0.717, 1.165) is 36.5 Å². The molecule has 0 aromatic heterocycles. The lowest BCUT2D eigenvalue weighted by atomic mass is 9.67. The molecule has 4 fully saturated rings. The second-order valence-electron chi connectivity index (χ2n) is 8.33. The third kappa shape index (κ3) is 3.78. The molecule has 1 saturated carbocycles. The van der Waals surface area contributed by atoms with Gasteiger partial charge in [-0.3, -0.25) is 15.3 Å². The highest BCUT2D eigenvalue weighted by atomic mass is 16.5. The van der Waals surface area contributed by atoms with E-state index < -0.39 is 5.91 Å². The summed E-state index contributed by atoms with van der Waals surface area (Å²) in [4.78, 5) is 11.0. The lowest BCUT2D eigenvalue weighted by Crippen LogP contribution is -2.68.